The number of likely N-dealkylation sites (N-methyl/N-ethyl adjacent to an activating group) is 1. The topological polar surface area (TPSA) is 67.1 Å². The summed E-state index contributed by atoms with van der Waals surface area (Å²) in [5.41, 5.74) is 1.23. The first kappa shape index (κ1) is 20.1. The van der Waals surface area contributed by atoms with Crippen molar-refractivity contribution in [2.75, 3.05) is 45.8 Å². The molecule has 6 heteroatoms. The van der Waals surface area contributed by atoms with Gasteiger partial charge in [-0.05, 0) is 25.5 Å². The average molecular weight is 361 g/mol. The molecule has 6 nitrogen and oxygen atoms in total. The molecule has 1 aromatic rings. The number of amides is 2. The quantitative estimate of drug-likeness (QED) is 0.439. The summed E-state index contributed by atoms with van der Waals surface area (Å²) in [5.74, 6) is -0.179. The summed E-state index contributed by atoms with van der Waals surface area (Å²) in [6, 6.07) is 9.86. The Morgan fingerprint density at radius 3 is 2.42 bits per heavy atom. The van der Waals surface area contributed by atoms with Crippen LogP contribution in [0.3, 0.4) is 0 Å². The third-order valence-corrected chi connectivity index (χ3v) is 4.71. The molecule has 1 aromatic carbocycles. The number of carbonyl (C=O) groups is 2. The fourth-order valence-electron chi connectivity index (χ4n) is 3.18. The van der Waals surface area contributed by atoms with Gasteiger partial charge >= 0.3 is 0 Å². The lowest BCUT2D eigenvalue weighted by molar-refractivity contribution is -1.01. The first-order valence-electron chi connectivity index (χ1n) is 9.54. The van der Waals surface area contributed by atoms with E-state index in [4.69, 9.17) is 0 Å². The van der Waals surface area contributed by atoms with Crippen LogP contribution in [0.2, 0.25) is 0 Å². The molecule has 2 rings (SSSR count). The molecule has 4 N–H and O–H groups in total. The smallest absolute Gasteiger partial charge is 0.275 e. The summed E-state index contributed by atoms with van der Waals surface area (Å²) in [6.45, 7) is 9.72. The Labute approximate surface area is 156 Å². The normalized spacial score (nSPS) is 21.3. The maximum atomic E-state index is 12.1. The molecule has 2 amide bonds. The third kappa shape index (κ3) is 6.98. The van der Waals surface area contributed by atoms with Gasteiger partial charge in [0.25, 0.3) is 5.91 Å². The zero-order valence-corrected chi connectivity index (χ0v) is 15.9. The fraction of sp³-hybridized carbons (Fsp3) is 0.500. The number of benzene rings is 1. The van der Waals surface area contributed by atoms with Crippen molar-refractivity contribution in [1.29, 1.82) is 0 Å². The summed E-state index contributed by atoms with van der Waals surface area (Å²) in [5, 5.41) is 5.51. The minimum atomic E-state index is -0.475. The molecule has 26 heavy (non-hydrogen) atoms. The minimum Gasteiger partial charge on any atom is -0.355 e. The molecule has 1 aliphatic rings. The maximum Gasteiger partial charge on any atom is 0.275 e. The number of piperazine rings is 1. The Bertz CT molecular complexity index is 595. The van der Waals surface area contributed by atoms with Gasteiger partial charge in [0, 0.05) is 6.54 Å². The van der Waals surface area contributed by atoms with Crippen molar-refractivity contribution in [2.24, 2.45) is 0 Å². The Morgan fingerprint density at radius 2 is 1.77 bits per heavy atom. The van der Waals surface area contributed by atoms with Gasteiger partial charge < -0.3 is 20.4 Å². The van der Waals surface area contributed by atoms with Crippen LogP contribution in [-0.2, 0) is 9.59 Å². The minimum absolute atomic E-state index is 0.0498. The van der Waals surface area contributed by atoms with Gasteiger partial charge in [-0.2, -0.15) is 0 Å². The van der Waals surface area contributed by atoms with Gasteiger partial charge in [0.15, 0.2) is 6.54 Å². The molecule has 0 saturated carbocycles. The molecule has 142 valence electrons. The van der Waals surface area contributed by atoms with Crippen molar-refractivity contribution in [1.82, 2.24) is 10.6 Å². The summed E-state index contributed by atoms with van der Waals surface area (Å²) in [4.78, 5) is 26.6. The highest BCUT2D eigenvalue weighted by atomic mass is 16.2. The van der Waals surface area contributed by atoms with Crippen LogP contribution in [0.5, 0.6) is 0 Å². The molecular formula is C20H32N4O2+2. The van der Waals surface area contributed by atoms with Gasteiger partial charge in [-0.3, -0.25) is 9.59 Å². The molecule has 1 aliphatic heterocycles. The zero-order chi connectivity index (χ0) is 18.8. The molecule has 0 unspecified atom stereocenters. The van der Waals surface area contributed by atoms with E-state index in [1.54, 1.807) is 11.8 Å². The highest BCUT2D eigenvalue weighted by molar-refractivity contribution is 5.87. The van der Waals surface area contributed by atoms with Crippen LogP contribution >= 0.6 is 0 Å². The van der Waals surface area contributed by atoms with Crippen LogP contribution in [0, 0.1) is 0 Å². The second kappa shape index (κ2) is 10.7. The van der Waals surface area contributed by atoms with Gasteiger partial charge in [0.1, 0.15) is 32.2 Å². The number of nitrogens with one attached hydrogen (secondary N) is 4. The summed E-state index contributed by atoms with van der Waals surface area (Å²) in [6.07, 6.45) is 4.40. The number of carbonyl (C=O) groups excluding carboxylic acids is 2. The summed E-state index contributed by atoms with van der Waals surface area (Å²) in [7, 11) is 0. The van der Waals surface area contributed by atoms with Crippen LogP contribution in [0.15, 0.2) is 36.4 Å². The van der Waals surface area contributed by atoms with Gasteiger partial charge in [0.2, 0.25) is 5.91 Å². The van der Waals surface area contributed by atoms with Crippen molar-refractivity contribution in [3.8, 4) is 0 Å². The highest BCUT2D eigenvalue weighted by Crippen LogP contribution is 1.99. The summed E-state index contributed by atoms with van der Waals surface area (Å²) < 4.78 is 0. The van der Waals surface area contributed by atoms with E-state index in [1.165, 1.54) is 10.5 Å². The van der Waals surface area contributed by atoms with E-state index in [0.717, 1.165) is 32.7 Å². The van der Waals surface area contributed by atoms with Gasteiger partial charge in [-0.1, -0.05) is 36.4 Å². The van der Waals surface area contributed by atoms with E-state index >= 15 is 0 Å². The van der Waals surface area contributed by atoms with E-state index in [-0.39, 0.29) is 11.8 Å². The summed E-state index contributed by atoms with van der Waals surface area (Å²) >= 11 is 0. The molecule has 1 heterocycles. The van der Waals surface area contributed by atoms with Crippen LogP contribution in [0.25, 0.3) is 6.08 Å². The Balaban J connectivity index is 1.65. The highest BCUT2D eigenvalue weighted by Gasteiger charge is 2.25. The molecule has 0 radical (unpaired) electrons. The molecular weight excluding hydrogens is 328 g/mol. The predicted octanol–water partition coefficient (Wildman–Crippen LogP) is -1.88. The van der Waals surface area contributed by atoms with Crippen LogP contribution in [0.1, 0.15) is 19.4 Å². The van der Waals surface area contributed by atoms with E-state index in [2.05, 4.69) is 34.9 Å². The van der Waals surface area contributed by atoms with Crippen LogP contribution < -0.4 is 20.4 Å². The van der Waals surface area contributed by atoms with E-state index in [9.17, 15) is 9.59 Å². The van der Waals surface area contributed by atoms with Crippen molar-refractivity contribution < 1.29 is 19.4 Å². The molecule has 0 bridgehead atoms. The lowest BCUT2D eigenvalue weighted by Crippen LogP contribution is -3.28. The number of hydrogen-bond donors (Lipinski definition) is 4. The van der Waals surface area contributed by atoms with E-state index in [0.29, 0.717) is 13.1 Å². The Kier molecular flexibility index (Phi) is 8.31. The standard InChI is InChI=1S/C20H30N4O2/c1-3-21-20(26)17(2)22-19(25)16-24-14-12-23(13-15-24)11-7-10-18-8-5-4-6-9-18/h4-10,17H,3,11-16H2,1-2H3,(H,21,26)(H,22,25)/p+2/b10-7+/t17-/m0/s1. The fourth-order valence-corrected chi connectivity index (χ4v) is 3.18. The molecule has 0 spiro atoms. The second-order valence-electron chi connectivity index (χ2n) is 6.88. The monoisotopic (exact) mass is 360 g/mol. The van der Waals surface area contributed by atoms with Gasteiger partial charge in [0.05, 0.1) is 6.54 Å². The Morgan fingerprint density at radius 1 is 1.12 bits per heavy atom. The zero-order valence-electron chi connectivity index (χ0n) is 15.9. The number of hydrogen-bond acceptors (Lipinski definition) is 2. The Hall–Kier alpha value is -2.18. The van der Waals surface area contributed by atoms with Crippen molar-refractivity contribution in [3.05, 3.63) is 42.0 Å². The number of quaternary nitrogens is 2. The SMILES string of the molecule is CCNC(=O)[C@H](C)NC(=O)C[NH+]1CC[NH+](C/C=C/c2ccccc2)CC1. The largest absolute Gasteiger partial charge is 0.355 e. The van der Waals surface area contributed by atoms with Crippen LogP contribution in [-0.4, -0.2) is 63.7 Å². The second-order valence-corrected chi connectivity index (χ2v) is 6.88. The average Bonchev–Trinajstić information content (AvgIpc) is 2.64. The van der Waals surface area contributed by atoms with Gasteiger partial charge in [-0.25, -0.2) is 0 Å². The van der Waals surface area contributed by atoms with Crippen LogP contribution in [0.4, 0.5) is 0 Å². The molecule has 1 atom stereocenters. The van der Waals surface area contributed by atoms with E-state index in [1.807, 2.05) is 25.1 Å². The third-order valence-electron chi connectivity index (χ3n) is 4.71. The predicted molar refractivity (Wildman–Crippen MR) is 103 cm³/mol. The van der Waals surface area contributed by atoms with Crippen molar-refractivity contribution >= 4 is 17.9 Å². The first-order valence-corrected chi connectivity index (χ1v) is 9.54. The van der Waals surface area contributed by atoms with E-state index < -0.39 is 6.04 Å². The molecule has 0 aliphatic carbocycles. The first-order chi connectivity index (χ1) is 12.6. The molecule has 0 aromatic heterocycles. The van der Waals surface area contributed by atoms with Crippen molar-refractivity contribution in [2.45, 2.75) is 19.9 Å². The lowest BCUT2D eigenvalue weighted by atomic mass is 10.2. The van der Waals surface area contributed by atoms with Crippen molar-refractivity contribution in [3.63, 3.8) is 0 Å². The molecule has 1 saturated heterocycles. The lowest BCUT2D eigenvalue weighted by Gasteiger charge is -2.29. The molecule has 1 fully saturated rings. The van der Waals surface area contributed by atoms with Gasteiger partial charge in [-0.15, -0.1) is 0 Å². The maximum absolute atomic E-state index is 12.1. The number of rotatable bonds is 8.